The Morgan fingerprint density at radius 3 is 2.75 bits per heavy atom. The molecule has 24 heavy (non-hydrogen) atoms. The van der Waals surface area contributed by atoms with Gasteiger partial charge in [-0.05, 0) is 35.7 Å². The summed E-state index contributed by atoms with van der Waals surface area (Å²) in [6.45, 7) is 0. The smallest absolute Gasteiger partial charge is 0.257 e. The molecule has 4 nitrogen and oxygen atoms in total. The van der Waals surface area contributed by atoms with Crippen molar-refractivity contribution in [2.24, 2.45) is 0 Å². The first-order valence-corrected chi connectivity index (χ1v) is 9.73. The summed E-state index contributed by atoms with van der Waals surface area (Å²) in [4.78, 5) is 5.52. The average Bonchev–Trinajstić information content (AvgIpc) is 3.34. The highest BCUT2D eigenvalue weighted by Gasteiger charge is 2.11. The molecule has 0 bridgehead atoms. The number of thioether (sulfide) groups is 1. The van der Waals surface area contributed by atoms with Crippen molar-refractivity contribution in [1.29, 1.82) is 0 Å². The molecule has 4 rings (SSSR count). The van der Waals surface area contributed by atoms with Crippen LogP contribution in [0.4, 0.5) is 4.39 Å². The molecule has 0 fully saturated rings. The molecule has 0 aliphatic heterocycles. The fourth-order valence-corrected chi connectivity index (χ4v) is 4.33. The first-order chi connectivity index (χ1) is 11.8. The van der Waals surface area contributed by atoms with Gasteiger partial charge in [0.1, 0.15) is 5.82 Å². The Labute approximate surface area is 149 Å². The number of halogens is 1. The summed E-state index contributed by atoms with van der Waals surface area (Å²) in [6.07, 6.45) is 0. The molecule has 120 valence electrons. The van der Waals surface area contributed by atoms with Crippen LogP contribution in [0.5, 0.6) is 0 Å². The molecule has 0 atom stereocenters. The quantitative estimate of drug-likeness (QED) is 0.440. The molecule has 1 aromatic carbocycles. The van der Waals surface area contributed by atoms with Crippen LogP contribution in [0.2, 0.25) is 0 Å². The fraction of sp³-hybridized carbons (Fsp3) is 0.0625. The van der Waals surface area contributed by atoms with Gasteiger partial charge < -0.3 is 4.42 Å². The number of thiazole rings is 1. The van der Waals surface area contributed by atoms with E-state index in [-0.39, 0.29) is 5.82 Å². The second-order valence-corrected chi connectivity index (χ2v) is 7.80. The Balaban J connectivity index is 1.42. The van der Waals surface area contributed by atoms with Crippen LogP contribution in [0.15, 0.2) is 55.9 Å². The molecule has 0 amide bonds. The van der Waals surface area contributed by atoms with Crippen LogP contribution in [0.1, 0.15) is 5.89 Å². The molecule has 3 aromatic heterocycles. The minimum absolute atomic E-state index is 0.249. The minimum Gasteiger partial charge on any atom is -0.419 e. The van der Waals surface area contributed by atoms with Crippen molar-refractivity contribution >= 4 is 34.4 Å². The van der Waals surface area contributed by atoms with Crippen molar-refractivity contribution in [3.05, 3.63) is 58.9 Å². The summed E-state index contributed by atoms with van der Waals surface area (Å²) in [5.41, 5.74) is 1.74. The standard InChI is InChI=1S/C16H10FN3OS3/c17-11-5-3-10(4-6-11)12-8-23-16(18-12)24-9-14-19-20-15(21-14)13-2-1-7-22-13/h1-8H,9H2. The zero-order chi connectivity index (χ0) is 16.4. The van der Waals surface area contributed by atoms with Crippen LogP contribution in [-0.4, -0.2) is 15.2 Å². The van der Waals surface area contributed by atoms with Crippen molar-refractivity contribution in [3.63, 3.8) is 0 Å². The normalized spacial score (nSPS) is 11.0. The van der Waals surface area contributed by atoms with Gasteiger partial charge in [-0.1, -0.05) is 17.8 Å². The van der Waals surface area contributed by atoms with E-state index < -0.39 is 0 Å². The lowest BCUT2D eigenvalue weighted by molar-refractivity contribution is 0.529. The van der Waals surface area contributed by atoms with E-state index in [1.165, 1.54) is 12.1 Å². The number of hydrogen-bond donors (Lipinski definition) is 0. The molecule has 0 N–H and O–H groups in total. The third-order valence-corrected chi connectivity index (χ3v) is 6.00. The van der Waals surface area contributed by atoms with E-state index in [0.29, 0.717) is 17.5 Å². The van der Waals surface area contributed by atoms with Crippen LogP contribution in [0, 0.1) is 5.82 Å². The predicted molar refractivity (Wildman–Crippen MR) is 94.7 cm³/mol. The highest BCUT2D eigenvalue weighted by Crippen LogP contribution is 2.31. The van der Waals surface area contributed by atoms with Gasteiger partial charge in [0.15, 0.2) is 4.34 Å². The van der Waals surface area contributed by atoms with Gasteiger partial charge in [0.05, 0.1) is 16.3 Å². The first-order valence-electron chi connectivity index (χ1n) is 6.98. The maximum atomic E-state index is 13.0. The molecule has 0 saturated heterocycles. The van der Waals surface area contributed by atoms with E-state index in [0.717, 1.165) is 20.5 Å². The van der Waals surface area contributed by atoms with Crippen molar-refractivity contribution in [3.8, 4) is 22.0 Å². The minimum atomic E-state index is -0.249. The highest BCUT2D eigenvalue weighted by molar-refractivity contribution is 8.00. The SMILES string of the molecule is Fc1ccc(-c2csc(SCc3nnc(-c4cccs4)o3)n2)cc1. The molecule has 0 unspecified atom stereocenters. The van der Waals surface area contributed by atoms with E-state index in [2.05, 4.69) is 15.2 Å². The van der Waals surface area contributed by atoms with Crippen LogP contribution in [-0.2, 0) is 5.75 Å². The zero-order valence-corrected chi connectivity index (χ0v) is 14.6. The van der Waals surface area contributed by atoms with Gasteiger partial charge in [-0.25, -0.2) is 9.37 Å². The zero-order valence-electron chi connectivity index (χ0n) is 12.2. The Bertz CT molecular complexity index is 932. The molecule has 8 heteroatoms. The molecule has 0 radical (unpaired) electrons. The molecule has 3 heterocycles. The van der Waals surface area contributed by atoms with Gasteiger partial charge in [-0.15, -0.1) is 32.9 Å². The van der Waals surface area contributed by atoms with Crippen LogP contribution < -0.4 is 0 Å². The highest BCUT2D eigenvalue weighted by atomic mass is 32.2. The van der Waals surface area contributed by atoms with E-state index in [9.17, 15) is 4.39 Å². The van der Waals surface area contributed by atoms with Gasteiger partial charge >= 0.3 is 0 Å². The predicted octanol–water partition coefficient (Wildman–Crippen LogP) is 5.35. The second kappa shape index (κ2) is 6.84. The van der Waals surface area contributed by atoms with Gasteiger partial charge in [0, 0.05) is 10.9 Å². The van der Waals surface area contributed by atoms with Gasteiger partial charge in [-0.3, -0.25) is 0 Å². The lowest BCUT2D eigenvalue weighted by atomic mass is 10.2. The van der Waals surface area contributed by atoms with E-state index in [4.69, 9.17) is 4.42 Å². The van der Waals surface area contributed by atoms with Crippen LogP contribution in [0.3, 0.4) is 0 Å². The summed E-state index contributed by atoms with van der Waals surface area (Å²) in [5, 5.41) is 12.1. The number of aromatic nitrogens is 3. The lowest BCUT2D eigenvalue weighted by Gasteiger charge is -1.95. The van der Waals surface area contributed by atoms with Crippen molar-refractivity contribution < 1.29 is 8.81 Å². The molecule has 0 saturated carbocycles. The third-order valence-electron chi connectivity index (χ3n) is 3.14. The van der Waals surface area contributed by atoms with E-state index >= 15 is 0 Å². The number of thiophene rings is 1. The first kappa shape index (κ1) is 15.5. The maximum Gasteiger partial charge on any atom is 0.257 e. The average molecular weight is 375 g/mol. The Kier molecular flexibility index (Phi) is 4.42. The number of benzene rings is 1. The van der Waals surface area contributed by atoms with Gasteiger partial charge in [0.25, 0.3) is 5.89 Å². The van der Waals surface area contributed by atoms with E-state index in [1.54, 1.807) is 46.6 Å². The largest absolute Gasteiger partial charge is 0.419 e. The summed E-state index contributed by atoms with van der Waals surface area (Å²) >= 11 is 4.65. The Morgan fingerprint density at radius 1 is 1.08 bits per heavy atom. The number of nitrogens with zero attached hydrogens (tertiary/aromatic N) is 3. The molecular weight excluding hydrogens is 365 g/mol. The molecule has 0 aliphatic rings. The van der Waals surface area contributed by atoms with Crippen LogP contribution in [0.25, 0.3) is 22.0 Å². The lowest BCUT2D eigenvalue weighted by Crippen LogP contribution is -1.81. The van der Waals surface area contributed by atoms with E-state index in [1.807, 2.05) is 22.9 Å². The number of hydrogen-bond acceptors (Lipinski definition) is 7. The molecular formula is C16H10FN3OS3. The fourth-order valence-electron chi connectivity index (χ4n) is 2.01. The van der Waals surface area contributed by atoms with Gasteiger partial charge in [-0.2, -0.15) is 0 Å². The van der Waals surface area contributed by atoms with Crippen molar-refractivity contribution in [1.82, 2.24) is 15.2 Å². The topological polar surface area (TPSA) is 51.8 Å². The Morgan fingerprint density at radius 2 is 1.96 bits per heavy atom. The molecule has 0 aliphatic carbocycles. The Hall–Kier alpha value is -2.03. The summed E-state index contributed by atoms with van der Waals surface area (Å²) < 4.78 is 19.5. The van der Waals surface area contributed by atoms with Crippen LogP contribution >= 0.6 is 34.4 Å². The summed E-state index contributed by atoms with van der Waals surface area (Å²) in [6, 6.07) is 10.2. The molecule has 0 spiro atoms. The van der Waals surface area contributed by atoms with Crippen molar-refractivity contribution in [2.45, 2.75) is 10.1 Å². The monoisotopic (exact) mass is 375 g/mol. The summed E-state index contributed by atoms with van der Waals surface area (Å²) in [5.74, 6) is 1.43. The van der Waals surface area contributed by atoms with Gasteiger partial charge in [0.2, 0.25) is 5.89 Å². The maximum absolute atomic E-state index is 13.0. The third kappa shape index (κ3) is 3.40. The summed E-state index contributed by atoms with van der Waals surface area (Å²) in [7, 11) is 0. The van der Waals surface area contributed by atoms with Crippen molar-refractivity contribution in [2.75, 3.05) is 0 Å². The number of rotatable bonds is 5. The molecule has 4 aromatic rings. The second-order valence-electron chi connectivity index (χ2n) is 4.77.